The number of benzene rings is 2. The number of nitrogens with zero attached hydrogens (tertiary/aromatic N) is 1. The maximum atomic E-state index is 13.2. The number of rotatable bonds is 5. The number of amides is 2. The van der Waals surface area contributed by atoms with E-state index in [1.807, 2.05) is 23.1 Å². The van der Waals surface area contributed by atoms with Crippen LogP contribution in [0.3, 0.4) is 0 Å². The second-order valence-electron chi connectivity index (χ2n) is 6.60. The van der Waals surface area contributed by atoms with Gasteiger partial charge in [-0.2, -0.15) is 0 Å². The van der Waals surface area contributed by atoms with Gasteiger partial charge in [-0.1, -0.05) is 18.2 Å². The molecule has 1 heterocycles. The lowest BCUT2D eigenvalue weighted by molar-refractivity contribution is -0.123. The predicted molar refractivity (Wildman–Crippen MR) is 99.6 cm³/mol. The Balaban J connectivity index is 1.53. The minimum Gasteiger partial charge on any atom is -0.359 e. The largest absolute Gasteiger partial charge is 0.359 e. The summed E-state index contributed by atoms with van der Waals surface area (Å²) in [6.45, 7) is 1.97. The van der Waals surface area contributed by atoms with Gasteiger partial charge in [-0.25, -0.2) is 8.78 Å². The Hall–Kier alpha value is -2.96. The van der Waals surface area contributed by atoms with Gasteiger partial charge in [0, 0.05) is 23.5 Å². The highest BCUT2D eigenvalue weighted by molar-refractivity contribution is 5.95. The van der Waals surface area contributed by atoms with Gasteiger partial charge < -0.3 is 15.5 Å². The average Bonchev–Trinajstić information content (AvgIpc) is 2.65. The summed E-state index contributed by atoms with van der Waals surface area (Å²) in [6.07, 6.45) is 1.94. The summed E-state index contributed by atoms with van der Waals surface area (Å²) in [5, 5.41) is 4.99. The van der Waals surface area contributed by atoms with Crippen molar-refractivity contribution in [1.29, 1.82) is 0 Å². The normalized spacial score (nSPS) is 15.8. The van der Waals surface area contributed by atoms with Crippen LogP contribution in [0.25, 0.3) is 0 Å². The molecule has 0 saturated heterocycles. The molecular formula is C20H21F2N3O2. The first-order valence-electron chi connectivity index (χ1n) is 8.80. The van der Waals surface area contributed by atoms with E-state index in [2.05, 4.69) is 23.6 Å². The summed E-state index contributed by atoms with van der Waals surface area (Å²) in [5.41, 5.74) is 2.38. The minimum absolute atomic E-state index is 0.131. The number of fused-ring (bicyclic) bond motifs is 1. The van der Waals surface area contributed by atoms with Gasteiger partial charge in [0.2, 0.25) is 11.8 Å². The Bertz CT molecular complexity index is 857. The van der Waals surface area contributed by atoms with Crippen molar-refractivity contribution in [3.05, 3.63) is 59.7 Å². The van der Waals surface area contributed by atoms with Gasteiger partial charge >= 0.3 is 0 Å². The van der Waals surface area contributed by atoms with Gasteiger partial charge in [-0.3, -0.25) is 9.59 Å². The number of anilines is 2. The molecule has 2 aromatic carbocycles. The number of para-hydroxylation sites is 1. The topological polar surface area (TPSA) is 61.4 Å². The third kappa shape index (κ3) is 4.61. The van der Waals surface area contributed by atoms with E-state index in [1.54, 1.807) is 0 Å². The molecule has 1 unspecified atom stereocenters. The monoisotopic (exact) mass is 373 g/mol. The Kier molecular flexibility index (Phi) is 5.69. The smallest absolute Gasteiger partial charge is 0.243 e. The van der Waals surface area contributed by atoms with Gasteiger partial charge in [-0.05, 0) is 43.5 Å². The number of halogens is 2. The zero-order valence-corrected chi connectivity index (χ0v) is 15.0. The van der Waals surface area contributed by atoms with Crippen LogP contribution in [0.2, 0.25) is 0 Å². The molecule has 1 atom stereocenters. The van der Waals surface area contributed by atoms with Crippen molar-refractivity contribution in [2.75, 3.05) is 23.3 Å². The second-order valence-corrected chi connectivity index (χ2v) is 6.60. The van der Waals surface area contributed by atoms with E-state index in [9.17, 15) is 18.4 Å². The summed E-state index contributed by atoms with van der Waals surface area (Å²) in [6, 6.07) is 11.3. The van der Waals surface area contributed by atoms with Gasteiger partial charge in [0.15, 0.2) is 11.6 Å². The Morgan fingerprint density at radius 1 is 1.11 bits per heavy atom. The molecule has 0 aromatic heterocycles. The number of aryl methyl sites for hydroxylation is 1. The molecule has 142 valence electrons. The number of hydrogen-bond donors (Lipinski definition) is 2. The molecule has 1 aliphatic heterocycles. The van der Waals surface area contributed by atoms with Gasteiger partial charge in [0.25, 0.3) is 0 Å². The van der Waals surface area contributed by atoms with Crippen LogP contribution in [-0.4, -0.2) is 30.9 Å². The first kappa shape index (κ1) is 18.8. The fraction of sp³-hybridized carbons (Fsp3) is 0.300. The molecule has 0 radical (unpaired) electrons. The fourth-order valence-corrected chi connectivity index (χ4v) is 3.17. The summed E-state index contributed by atoms with van der Waals surface area (Å²) in [7, 11) is 0. The summed E-state index contributed by atoms with van der Waals surface area (Å²) in [5.74, 6) is -2.83. The van der Waals surface area contributed by atoms with E-state index in [0.29, 0.717) is 0 Å². The molecule has 27 heavy (non-hydrogen) atoms. The van der Waals surface area contributed by atoms with Crippen molar-refractivity contribution in [2.45, 2.75) is 25.8 Å². The van der Waals surface area contributed by atoms with Crippen LogP contribution in [-0.2, 0) is 16.0 Å². The minimum atomic E-state index is -1.05. The molecule has 0 bridgehead atoms. The molecule has 7 heteroatoms. The molecular weight excluding hydrogens is 352 g/mol. The molecule has 0 spiro atoms. The van der Waals surface area contributed by atoms with Crippen molar-refractivity contribution in [2.24, 2.45) is 0 Å². The highest BCUT2D eigenvalue weighted by Gasteiger charge is 2.24. The molecule has 0 fully saturated rings. The van der Waals surface area contributed by atoms with Crippen LogP contribution in [0, 0.1) is 11.6 Å². The summed E-state index contributed by atoms with van der Waals surface area (Å²) < 4.78 is 26.1. The molecule has 1 aliphatic rings. The lowest BCUT2D eigenvalue weighted by Gasteiger charge is -2.36. The second kappa shape index (κ2) is 8.16. The first-order valence-corrected chi connectivity index (χ1v) is 8.80. The van der Waals surface area contributed by atoms with E-state index < -0.39 is 17.5 Å². The fourth-order valence-electron chi connectivity index (χ4n) is 3.17. The summed E-state index contributed by atoms with van der Waals surface area (Å²) in [4.78, 5) is 26.2. The third-order valence-corrected chi connectivity index (χ3v) is 4.63. The molecule has 3 rings (SSSR count). The number of nitrogens with one attached hydrogen (secondary N) is 2. The molecule has 5 nitrogen and oxygen atoms in total. The molecule has 2 N–H and O–H groups in total. The van der Waals surface area contributed by atoms with E-state index >= 15 is 0 Å². The molecule has 2 amide bonds. The van der Waals surface area contributed by atoms with Crippen molar-refractivity contribution < 1.29 is 18.4 Å². The zero-order valence-electron chi connectivity index (χ0n) is 15.0. The van der Waals surface area contributed by atoms with E-state index in [-0.39, 0.29) is 30.7 Å². The number of carbonyl (C=O) groups excluding carboxylic acids is 2. The maximum absolute atomic E-state index is 13.2. The Morgan fingerprint density at radius 3 is 2.67 bits per heavy atom. The summed E-state index contributed by atoms with van der Waals surface area (Å²) >= 11 is 0. The first-order chi connectivity index (χ1) is 12.9. The maximum Gasteiger partial charge on any atom is 0.243 e. The van der Waals surface area contributed by atoms with Crippen molar-refractivity contribution in [1.82, 2.24) is 5.32 Å². The van der Waals surface area contributed by atoms with Crippen LogP contribution < -0.4 is 15.5 Å². The molecule has 0 aliphatic carbocycles. The highest BCUT2D eigenvalue weighted by atomic mass is 19.2. The Morgan fingerprint density at radius 2 is 1.89 bits per heavy atom. The van der Waals surface area contributed by atoms with Crippen molar-refractivity contribution in [3.63, 3.8) is 0 Å². The average molecular weight is 373 g/mol. The lowest BCUT2D eigenvalue weighted by atomic mass is 9.97. The van der Waals surface area contributed by atoms with Crippen LogP contribution in [0.4, 0.5) is 20.2 Å². The zero-order chi connectivity index (χ0) is 19.4. The van der Waals surface area contributed by atoms with Gasteiger partial charge in [-0.15, -0.1) is 0 Å². The SMILES string of the molecule is CC1CCc2ccccc2N1CC(=O)NCC(=O)Nc1ccc(F)c(F)c1. The van der Waals surface area contributed by atoms with Gasteiger partial charge in [0.05, 0.1) is 13.1 Å². The standard InChI is InChI=1S/C20H21F2N3O2/c1-13-6-7-14-4-2-3-5-18(14)25(13)12-20(27)23-11-19(26)24-15-8-9-16(21)17(22)10-15/h2-5,8-10,13H,6-7,11-12H2,1H3,(H,23,27)(H,24,26). The molecule has 2 aromatic rings. The van der Waals surface area contributed by atoms with Crippen molar-refractivity contribution >= 4 is 23.2 Å². The quantitative estimate of drug-likeness (QED) is 0.847. The Labute approximate surface area is 156 Å². The van der Waals surface area contributed by atoms with Crippen molar-refractivity contribution in [3.8, 4) is 0 Å². The van der Waals surface area contributed by atoms with E-state index in [0.717, 1.165) is 30.7 Å². The lowest BCUT2D eigenvalue weighted by Crippen LogP contribution is -2.45. The van der Waals surface area contributed by atoms with Crippen LogP contribution in [0.5, 0.6) is 0 Å². The van der Waals surface area contributed by atoms with Gasteiger partial charge in [0.1, 0.15) is 0 Å². The molecule has 0 saturated carbocycles. The number of carbonyl (C=O) groups is 2. The highest BCUT2D eigenvalue weighted by Crippen LogP contribution is 2.29. The van der Waals surface area contributed by atoms with E-state index in [4.69, 9.17) is 0 Å². The van der Waals surface area contributed by atoms with Crippen LogP contribution in [0.1, 0.15) is 18.9 Å². The predicted octanol–water partition coefficient (Wildman–Crippen LogP) is 2.86. The van der Waals surface area contributed by atoms with Crippen LogP contribution in [0.15, 0.2) is 42.5 Å². The van der Waals surface area contributed by atoms with Crippen LogP contribution >= 0.6 is 0 Å². The third-order valence-electron chi connectivity index (χ3n) is 4.63. The number of hydrogen-bond acceptors (Lipinski definition) is 3. The van der Waals surface area contributed by atoms with E-state index in [1.165, 1.54) is 11.6 Å².